The van der Waals surface area contributed by atoms with Crippen molar-refractivity contribution in [2.75, 3.05) is 0 Å². The first-order valence-electron chi connectivity index (χ1n) is 7.03. The molecule has 1 aromatic heterocycles. The molecule has 2 atom stereocenters. The molecule has 5 nitrogen and oxygen atoms in total. The SMILES string of the molecule is CCC(C)C(NC(=O)c1cn(C)c2ccccc12)C(=O)O. The Morgan fingerprint density at radius 1 is 1.33 bits per heavy atom. The summed E-state index contributed by atoms with van der Waals surface area (Å²) in [4.78, 5) is 23.7. The van der Waals surface area contributed by atoms with E-state index in [2.05, 4.69) is 5.32 Å². The second-order valence-electron chi connectivity index (χ2n) is 5.35. The number of hydrogen-bond donors (Lipinski definition) is 2. The van der Waals surface area contributed by atoms with Gasteiger partial charge in [0.15, 0.2) is 0 Å². The minimum Gasteiger partial charge on any atom is -0.480 e. The first kappa shape index (κ1) is 15.1. The molecule has 112 valence electrons. The summed E-state index contributed by atoms with van der Waals surface area (Å²) in [5.41, 5.74) is 1.45. The van der Waals surface area contributed by atoms with Crippen molar-refractivity contribution in [3.05, 3.63) is 36.0 Å². The van der Waals surface area contributed by atoms with E-state index in [9.17, 15) is 14.7 Å². The summed E-state index contributed by atoms with van der Waals surface area (Å²) in [5, 5.41) is 12.7. The minimum atomic E-state index is -1.00. The van der Waals surface area contributed by atoms with Crippen LogP contribution in [0.2, 0.25) is 0 Å². The Morgan fingerprint density at radius 3 is 2.62 bits per heavy atom. The number of carbonyl (C=O) groups excluding carboxylic acids is 1. The van der Waals surface area contributed by atoms with Crippen molar-refractivity contribution >= 4 is 22.8 Å². The topological polar surface area (TPSA) is 71.3 Å². The van der Waals surface area contributed by atoms with Gasteiger partial charge < -0.3 is 15.0 Å². The maximum absolute atomic E-state index is 12.4. The predicted octanol–water partition coefficient (Wildman–Crippen LogP) is 2.41. The molecule has 21 heavy (non-hydrogen) atoms. The van der Waals surface area contributed by atoms with Crippen molar-refractivity contribution in [3.63, 3.8) is 0 Å². The number of aromatic nitrogens is 1. The third-order valence-corrected chi connectivity index (χ3v) is 3.91. The Morgan fingerprint density at radius 2 is 2.00 bits per heavy atom. The van der Waals surface area contributed by atoms with Gasteiger partial charge in [-0.25, -0.2) is 4.79 Å². The van der Waals surface area contributed by atoms with E-state index >= 15 is 0 Å². The number of aryl methyl sites for hydroxylation is 1. The molecule has 2 unspecified atom stereocenters. The second-order valence-corrected chi connectivity index (χ2v) is 5.35. The molecule has 0 aliphatic carbocycles. The van der Waals surface area contributed by atoms with Crippen LogP contribution in [-0.2, 0) is 11.8 Å². The number of benzene rings is 1. The summed E-state index contributed by atoms with van der Waals surface area (Å²) in [5.74, 6) is -1.47. The molecule has 0 radical (unpaired) electrons. The number of carboxylic acids is 1. The Hall–Kier alpha value is -2.30. The summed E-state index contributed by atoms with van der Waals surface area (Å²) in [6.07, 6.45) is 2.42. The van der Waals surface area contributed by atoms with Crippen LogP contribution in [0, 0.1) is 5.92 Å². The molecule has 5 heteroatoms. The monoisotopic (exact) mass is 288 g/mol. The number of nitrogens with one attached hydrogen (secondary N) is 1. The number of aliphatic carboxylic acids is 1. The quantitative estimate of drug-likeness (QED) is 0.887. The van der Waals surface area contributed by atoms with Gasteiger partial charge >= 0.3 is 5.97 Å². The van der Waals surface area contributed by atoms with Gasteiger partial charge in [0.25, 0.3) is 5.91 Å². The predicted molar refractivity (Wildman–Crippen MR) is 81.3 cm³/mol. The smallest absolute Gasteiger partial charge is 0.326 e. The third-order valence-electron chi connectivity index (χ3n) is 3.91. The zero-order chi connectivity index (χ0) is 15.6. The summed E-state index contributed by atoms with van der Waals surface area (Å²) in [6.45, 7) is 3.73. The molecule has 1 heterocycles. The average molecular weight is 288 g/mol. The van der Waals surface area contributed by atoms with Gasteiger partial charge in [0.05, 0.1) is 5.56 Å². The standard InChI is InChI=1S/C16H20N2O3/c1-4-10(2)14(16(20)21)17-15(19)12-9-18(3)13-8-6-5-7-11(12)13/h5-10,14H,4H2,1-3H3,(H,17,19)(H,20,21). The van der Waals surface area contributed by atoms with E-state index in [-0.39, 0.29) is 11.8 Å². The van der Waals surface area contributed by atoms with Crippen LogP contribution in [-0.4, -0.2) is 27.6 Å². The molecule has 1 amide bonds. The lowest BCUT2D eigenvalue weighted by molar-refractivity contribution is -0.140. The van der Waals surface area contributed by atoms with Crippen LogP contribution in [0.3, 0.4) is 0 Å². The fourth-order valence-corrected chi connectivity index (χ4v) is 2.42. The molecule has 1 aromatic carbocycles. The molecule has 0 bridgehead atoms. The molecule has 0 saturated heterocycles. The number of fused-ring (bicyclic) bond motifs is 1. The van der Waals surface area contributed by atoms with E-state index in [1.54, 1.807) is 6.20 Å². The maximum Gasteiger partial charge on any atom is 0.326 e. The fourth-order valence-electron chi connectivity index (χ4n) is 2.42. The van der Waals surface area contributed by atoms with Gasteiger partial charge in [-0.15, -0.1) is 0 Å². The maximum atomic E-state index is 12.4. The van der Waals surface area contributed by atoms with Crippen LogP contribution in [0.5, 0.6) is 0 Å². The highest BCUT2D eigenvalue weighted by Crippen LogP contribution is 2.20. The van der Waals surface area contributed by atoms with Gasteiger partial charge in [0.1, 0.15) is 6.04 Å². The highest BCUT2D eigenvalue weighted by Gasteiger charge is 2.26. The molecule has 0 fully saturated rings. The van der Waals surface area contributed by atoms with Crippen molar-refractivity contribution < 1.29 is 14.7 Å². The Bertz CT molecular complexity index is 675. The van der Waals surface area contributed by atoms with E-state index in [1.165, 1.54) is 0 Å². The second kappa shape index (κ2) is 5.99. The highest BCUT2D eigenvalue weighted by atomic mass is 16.4. The zero-order valence-electron chi connectivity index (χ0n) is 12.5. The Balaban J connectivity index is 2.32. The van der Waals surface area contributed by atoms with Crippen molar-refractivity contribution in [2.45, 2.75) is 26.3 Å². The van der Waals surface area contributed by atoms with Gasteiger partial charge in [-0.05, 0) is 12.0 Å². The molecule has 0 spiro atoms. The molecular formula is C16H20N2O3. The Kier molecular flexibility index (Phi) is 4.31. The molecule has 2 aromatic rings. The molecular weight excluding hydrogens is 268 g/mol. The number of amides is 1. The van der Waals surface area contributed by atoms with E-state index in [0.29, 0.717) is 12.0 Å². The van der Waals surface area contributed by atoms with Crippen molar-refractivity contribution in [1.82, 2.24) is 9.88 Å². The van der Waals surface area contributed by atoms with E-state index in [1.807, 2.05) is 49.7 Å². The largest absolute Gasteiger partial charge is 0.480 e. The third kappa shape index (κ3) is 2.91. The highest BCUT2D eigenvalue weighted by molar-refractivity contribution is 6.07. The van der Waals surface area contributed by atoms with Crippen molar-refractivity contribution in [3.8, 4) is 0 Å². The molecule has 0 saturated carbocycles. The van der Waals surface area contributed by atoms with Crippen LogP contribution < -0.4 is 5.32 Å². The zero-order valence-corrected chi connectivity index (χ0v) is 12.5. The van der Waals surface area contributed by atoms with Gasteiger partial charge in [0, 0.05) is 24.1 Å². The first-order valence-corrected chi connectivity index (χ1v) is 7.03. The molecule has 2 N–H and O–H groups in total. The lowest BCUT2D eigenvalue weighted by atomic mass is 9.99. The molecule has 2 rings (SSSR count). The number of para-hydroxylation sites is 1. The summed E-state index contributed by atoms with van der Waals surface area (Å²) in [6, 6.07) is 6.69. The lowest BCUT2D eigenvalue weighted by Crippen LogP contribution is -2.44. The van der Waals surface area contributed by atoms with Crippen LogP contribution in [0.4, 0.5) is 0 Å². The summed E-state index contributed by atoms with van der Waals surface area (Å²) in [7, 11) is 1.86. The van der Waals surface area contributed by atoms with Crippen molar-refractivity contribution in [2.24, 2.45) is 13.0 Å². The normalized spacial score (nSPS) is 13.9. The number of rotatable bonds is 5. The minimum absolute atomic E-state index is 0.124. The van der Waals surface area contributed by atoms with Gasteiger partial charge in [-0.1, -0.05) is 38.5 Å². The van der Waals surface area contributed by atoms with Crippen LogP contribution in [0.25, 0.3) is 10.9 Å². The Labute approximate surface area is 123 Å². The van der Waals surface area contributed by atoms with E-state index in [0.717, 1.165) is 10.9 Å². The van der Waals surface area contributed by atoms with Gasteiger partial charge in [-0.3, -0.25) is 4.79 Å². The average Bonchev–Trinajstić information content (AvgIpc) is 2.81. The van der Waals surface area contributed by atoms with Crippen molar-refractivity contribution in [1.29, 1.82) is 0 Å². The summed E-state index contributed by atoms with van der Waals surface area (Å²) >= 11 is 0. The van der Waals surface area contributed by atoms with Crippen LogP contribution in [0.15, 0.2) is 30.5 Å². The lowest BCUT2D eigenvalue weighted by Gasteiger charge is -2.19. The molecule has 0 aliphatic heterocycles. The molecule has 0 aliphatic rings. The van der Waals surface area contributed by atoms with E-state index in [4.69, 9.17) is 0 Å². The van der Waals surface area contributed by atoms with E-state index < -0.39 is 12.0 Å². The van der Waals surface area contributed by atoms with Crippen LogP contribution >= 0.6 is 0 Å². The fraction of sp³-hybridized carbons (Fsp3) is 0.375. The number of hydrogen-bond acceptors (Lipinski definition) is 2. The van der Waals surface area contributed by atoms with Gasteiger partial charge in [-0.2, -0.15) is 0 Å². The number of carbonyl (C=O) groups is 2. The first-order chi connectivity index (χ1) is 9.95. The van der Waals surface area contributed by atoms with Gasteiger partial charge in [0.2, 0.25) is 0 Å². The number of carboxylic acid groups (broad SMARTS) is 1. The number of nitrogens with zero attached hydrogens (tertiary/aromatic N) is 1. The van der Waals surface area contributed by atoms with Crippen LogP contribution in [0.1, 0.15) is 30.6 Å². The summed E-state index contributed by atoms with van der Waals surface area (Å²) < 4.78 is 1.86.